The van der Waals surface area contributed by atoms with Crippen molar-refractivity contribution in [2.24, 2.45) is 0 Å². The largest absolute Gasteiger partial charge is 0.497 e. The molecule has 4 aromatic rings. The Bertz CT molecular complexity index is 1560. The fraction of sp³-hybridized carbons (Fsp3) is 0.303. The summed E-state index contributed by atoms with van der Waals surface area (Å²) in [5, 5.41) is 6.15. The Morgan fingerprint density at radius 2 is 1.71 bits per heavy atom. The molecule has 0 fully saturated rings. The number of nitrogens with zero attached hydrogens (tertiary/aromatic N) is 1. The van der Waals surface area contributed by atoms with Crippen molar-refractivity contribution in [1.29, 1.82) is 0 Å². The monoisotopic (exact) mass is 554 g/mol. The average Bonchev–Trinajstić information content (AvgIpc) is 2.98. The number of rotatable bonds is 13. The van der Waals surface area contributed by atoms with Crippen LogP contribution in [0.5, 0.6) is 5.75 Å². The van der Waals surface area contributed by atoms with Gasteiger partial charge >= 0.3 is 0 Å². The number of carbonyl (C=O) groups is 2. The van der Waals surface area contributed by atoms with E-state index in [1.165, 1.54) is 5.56 Å². The number of nitrogens with one attached hydrogen (secondary N) is 2. The maximum Gasteiger partial charge on any atom is 0.261 e. The number of nitrogen functional groups attached to an aromatic ring is 1. The van der Waals surface area contributed by atoms with Gasteiger partial charge in [-0.05, 0) is 73.7 Å². The van der Waals surface area contributed by atoms with Crippen LogP contribution in [-0.2, 0) is 17.8 Å². The van der Waals surface area contributed by atoms with Crippen molar-refractivity contribution < 1.29 is 14.3 Å². The highest BCUT2D eigenvalue weighted by molar-refractivity contribution is 6.05. The maximum absolute atomic E-state index is 13.4. The molecule has 0 bridgehead atoms. The number of hydrogen-bond donors (Lipinski definition) is 3. The number of carbonyl (C=O) groups excluding carboxylic acids is 2. The lowest BCUT2D eigenvalue weighted by molar-refractivity contribution is -0.116. The molecule has 4 N–H and O–H groups in total. The van der Waals surface area contributed by atoms with Crippen molar-refractivity contribution in [3.8, 4) is 5.75 Å². The minimum absolute atomic E-state index is 0.0700. The number of fused-ring (bicyclic) bond motifs is 1. The first-order valence-electron chi connectivity index (χ1n) is 14.2. The number of aromatic nitrogens is 1. The van der Waals surface area contributed by atoms with Gasteiger partial charge in [0.15, 0.2) is 0 Å². The van der Waals surface area contributed by atoms with Gasteiger partial charge < -0.3 is 25.7 Å². The number of nitrogens with two attached hydrogens (primary N) is 1. The third kappa shape index (κ3) is 7.75. The van der Waals surface area contributed by atoms with Gasteiger partial charge in [-0.1, -0.05) is 44.0 Å². The maximum atomic E-state index is 13.4. The molecule has 0 spiro atoms. The minimum Gasteiger partial charge on any atom is -0.497 e. The lowest BCUT2D eigenvalue weighted by Crippen LogP contribution is -2.24. The Balaban J connectivity index is 1.44. The molecule has 0 atom stereocenters. The lowest BCUT2D eigenvalue weighted by atomic mass is 10.1. The zero-order valence-corrected chi connectivity index (χ0v) is 23.7. The van der Waals surface area contributed by atoms with E-state index in [1.54, 1.807) is 37.6 Å². The third-order valence-corrected chi connectivity index (χ3v) is 7.10. The van der Waals surface area contributed by atoms with Crippen molar-refractivity contribution >= 4 is 39.8 Å². The van der Waals surface area contributed by atoms with E-state index in [4.69, 9.17) is 10.5 Å². The quantitative estimate of drug-likeness (QED) is 0.131. The van der Waals surface area contributed by atoms with Gasteiger partial charge in [0, 0.05) is 24.8 Å². The van der Waals surface area contributed by atoms with Gasteiger partial charge in [0.1, 0.15) is 11.3 Å². The molecular weight excluding hydrogens is 516 g/mol. The molecule has 0 saturated heterocycles. The first-order chi connectivity index (χ1) is 19.9. The summed E-state index contributed by atoms with van der Waals surface area (Å²) >= 11 is 0. The summed E-state index contributed by atoms with van der Waals surface area (Å²) in [6, 6.07) is 20.2. The second kappa shape index (κ2) is 14.2. The predicted octanol–water partition coefficient (Wildman–Crippen LogP) is 6.39. The molecule has 8 nitrogen and oxygen atoms in total. The zero-order valence-electron chi connectivity index (χ0n) is 23.7. The topological polar surface area (TPSA) is 115 Å². The summed E-state index contributed by atoms with van der Waals surface area (Å²) in [5.41, 5.74) is 9.37. The molecule has 0 saturated carbocycles. The number of pyridine rings is 1. The number of aryl methyl sites for hydroxylation is 2. The van der Waals surface area contributed by atoms with Gasteiger partial charge in [-0.15, -0.1) is 0 Å². The Morgan fingerprint density at radius 3 is 2.44 bits per heavy atom. The van der Waals surface area contributed by atoms with E-state index in [1.807, 2.05) is 47.0 Å². The van der Waals surface area contributed by atoms with Crippen molar-refractivity contribution in [2.75, 3.05) is 23.5 Å². The van der Waals surface area contributed by atoms with Crippen molar-refractivity contribution in [3.05, 3.63) is 94.3 Å². The van der Waals surface area contributed by atoms with Crippen LogP contribution >= 0.6 is 0 Å². The van der Waals surface area contributed by atoms with E-state index < -0.39 is 5.91 Å². The molecular formula is C33H38N4O4. The van der Waals surface area contributed by atoms with Crippen LogP contribution in [0.25, 0.3) is 10.9 Å². The summed E-state index contributed by atoms with van der Waals surface area (Å²) in [7, 11) is 1.54. The molecule has 3 aromatic carbocycles. The fourth-order valence-electron chi connectivity index (χ4n) is 4.75. The number of amides is 2. The third-order valence-electron chi connectivity index (χ3n) is 7.10. The standard InChI is InChI=1S/C33H38N4O4/c1-3-4-10-23-14-16-24(17-15-23)35-33(40)27-22-37(30-19-18-25(41-2)21-26(30)32(27)39)20-9-5-6-13-31(38)36-29-12-8-7-11-28(29)34/h7-8,11-12,14-19,21-22H,3-6,9-10,13,20,34H2,1-2H3,(H,35,40)(H,36,38). The molecule has 0 aliphatic rings. The normalized spacial score (nSPS) is 10.9. The Kier molecular flexibility index (Phi) is 10.2. The molecule has 214 valence electrons. The van der Waals surface area contributed by atoms with Gasteiger partial charge in [0.05, 0.1) is 29.4 Å². The summed E-state index contributed by atoms with van der Waals surface area (Å²) in [6.45, 7) is 2.74. The number of benzene rings is 3. The Hall–Kier alpha value is -4.59. The molecule has 41 heavy (non-hydrogen) atoms. The number of unbranched alkanes of at least 4 members (excludes halogenated alkanes) is 3. The molecule has 0 unspecified atom stereocenters. The molecule has 1 aromatic heterocycles. The number of methoxy groups -OCH3 is 1. The highest BCUT2D eigenvalue weighted by atomic mass is 16.5. The summed E-state index contributed by atoms with van der Waals surface area (Å²) in [6.07, 6.45) is 7.51. The summed E-state index contributed by atoms with van der Waals surface area (Å²) in [4.78, 5) is 39.0. The molecule has 4 rings (SSSR count). The van der Waals surface area contributed by atoms with E-state index in [0.717, 1.165) is 37.6 Å². The zero-order chi connectivity index (χ0) is 29.2. The summed E-state index contributed by atoms with van der Waals surface area (Å²) in [5.74, 6) is 0.0132. The Morgan fingerprint density at radius 1 is 0.927 bits per heavy atom. The first-order valence-corrected chi connectivity index (χ1v) is 14.2. The predicted molar refractivity (Wildman–Crippen MR) is 166 cm³/mol. The van der Waals surface area contributed by atoms with E-state index in [9.17, 15) is 14.4 Å². The second-order valence-corrected chi connectivity index (χ2v) is 10.1. The van der Waals surface area contributed by atoms with E-state index in [2.05, 4.69) is 17.6 Å². The van der Waals surface area contributed by atoms with Crippen LogP contribution in [0, 0.1) is 0 Å². The highest BCUT2D eigenvalue weighted by Crippen LogP contribution is 2.21. The molecule has 0 aliphatic heterocycles. The lowest BCUT2D eigenvalue weighted by Gasteiger charge is -2.15. The number of ether oxygens (including phenoxy) is 1. The molecule has 8 heteroatoms. The van der Waals surface area contributed by atoms with E-state index in [0.29, 0.717) is 47.6 Å². The van der Waals surface area contributed by atoms with Crippen LogP contribution in [0.15, 0.2) is 77.7 Å². The number of para-hydroxylation sites is 2. The smallest absolute Gasteiger partial charge is 0.261 e. The van der Waals surface area contributed by atoms with Gasteiger partial charge in [0.25, 0.3) is 5.91 Å². The molecule has 1 heterocycles. The van der Waals surface area contributed by atoms with E-state index in [-0.39, 0.29) is 16.9 Å². The van der Waals surface area contributed by atoms with E-state index >= 15 is 0 Å². The number of hydrogen-bond acceptors (Lipinski definition) is 5. The van der Waals surface area contributed by atoms with Gasteiger partial charge in [-0.25, -0.2) is 0 Å². The van der Waals surface area contributed by atoms with Crippen LogP contribution < -0.4 is 26.5 Å². The van der Waals surface area contributed by atoms with Crippen LogP contribution in [-0.4, -0.2) is 23.5 Å². The van der Waals surface area contributed by atoms with Crippen LogP contribution in [0.3, 0.4) is 0 Å². The van der Waals surface area contributed by atoms with Gasteiger partial charge in [-0.2, -0.15) is 0 Å². The minimum atomic E-state index is -0.452. The van der Waals surface area contributed by atoms with Crippen molar-refractivity contribution in [1.82, 2.24) is 4.57 Å². The molecule has 0 aliphatic carbocycles. The van der Waals surface area contributed by atoms with Crippen LogP contribution in [0.1, 0.15) is 61.4 Å². The van der Waals surface area contributed by atoms with Gasteiger partial charge in [-0.3, -0.25) is 14.4 Å². The number of anilines is 3. The van der Waals surface area contributed by atoms with Crippen molar-refractivity contribution in [3.63, 3.8) is 0 Å². The SMILES string of the molecule is CCCCc1ccc(NC(=O)c2cn(CCCCCC(=O)Nc3ccccc3N)c3ccc(OC)cc3c2=O)cc1. The first kappa shape index (κ1) is 29.4. The van der Waals surface area contributed by atoms with Gasteiger partial charge in [0.2, 0.25) is 11.3 Å². The van der Waals surface area contributed by atoms with Crippen molar-refractivity contribution in [2.45, 2.75) is 58.4 Å². The highest BCUT2D eigenvalue weighted by Gasteiger charge is 2.17. The van der Waals surface area contributed by atoms with Crippen LogP contribution in [0.2, 0.25) is 0 Å². The molecule has 0 radical (unpaired) electrons. The Labute approximate surface area is 240 Å². The fourth-order valence-corrected chi connectivity index (χ4v) is 4.75. The second-order valence-electron chi connectivity index (χ2n) is 10.1. The van der Waals surface area contributed by atoms with Crippen LogP contribution in [0.4, 0.5) is 17.1 Å². The average molecular weight is 555 g/mol. The summed E-state index contributed by atoms with van der Waals surface area (Å²) < 4.78 is 7.28. The molecule has 2 amide bonds.